The quantitative estimate of drug-likeness (QED) is 0.605. The first-order chi connectivity index (χ1) is 16.3. The number of nitrogens with zero attached hydrogens (tertiary/aromatic N) is 3. The molecule has 4 rings (SSSR count). The third-order valence-corrected chi connectivity index (χ3v) is 9.70. The minimum atomic E-state index is -4.41. The zero-order chi connectivity index (χ0) is 25.6. The van der Waals surface area contributed by atoms with Gasteiger partial charge >= 0.3 is 6.18 Å². The molecule has 0 bridgehead atoms. The summed E-state index contributed by atoms with van der Waals surface area (Å²) >= 11 is 0. The highest BCUT2D eigenvalue weighted by Gasteiger charge is 2.40. The number of hydrogen-bond donors (Lipinski definition) is 0. The molecule has 192 valence electrons. The van der Waals surface area contributed by atoms with E-state index in [2.05, 4.69) is 4.99 Å². The van der Waals surface area contributed by atoms with Crippen LogP contribution in [0.5, 0.6) is 0 Å². The van der Waals surface area contributed by atoms with E-state index < -0.39 is 26.5 Å². The number of sulfonamides is 1. The van der Waals surface area contributed by atoms with Gasteiger partial charge in [-0.05, 0) is 75.1 Å². The summed E-state index contributed by atoms with van der Waals surface area (Å²) in [7, 11) is -3.56. The Labute approximate surface area is 204 Å². The number of likely N-dealkylation sites (tertiary alicyclic amines) is 1. The molecule has 0 atom stereocenters. The van der Waals surface area contributed by atoms with Crippen LogP contribution < -0.4 is 0 Å². The largest absolute Gasteiger partial charge is 0.416 e. The van der Waals surface area contributed by atoms with Crippen molar-refractivity contribution in [3.63, 3.8) is 0 Å². The number of carbonyl (C=O) groups is 1. The summed E-state index contributed by atoms with van der Waals surface area (Å²) < 4.78 is 67.1. The lowest BCUT2D eigenvalue weighted by atomic mass is 9.86. The second-order valence-corrected chi connectivity index (χ2v) is 13.1. The second-order valence-electron chi connectivity index (χ2n) is 10.5. The van der Waals surface area contributed by atoms with Crippen molar-refractivity contribution in [1.82, 2.24) is 9.21 Å². The average molecular weight is 512 g/mol. The molecule has 3 heterocycles. The molecule has 1 aromatic rings. The minimum Gasteiger partial charge on any atom is -0.337 e. The molecule has 1 saturated heterocycles. The highest BCUT2D eigenvalue weighted by atomic mass is 32.2. The summed E-state index contributed by atoms with van der Waals surface area (Å²) in [4.78, 5) is 19.5. The van der Waals surface area contributed by atoms with Crippen LogP contribution in [0.4, 0.5) is 13.2 Å². The maximum Gasteiger partial charge on any atom is 0.416 e. The maximum atomic E-state index is 13.5. The molecule has 0 N–H and O–H groups in total. The van der Waals surface area contributed by atoms with Crippen molar-refractivity contribution in [2.75, 3.05) is 32.7 Å². The Morgan fingerprint density at radius 2 is 1.71 bits per heavy atom. The van der Waals surface area contributed by atoms with E-state index in [4.69, 9.17) is 0 Å². The van der Waals surface area contributed by atoms with Crippen molar-refractivity contribution in [1.29, 1.82) is 0 Å². The number of halogens is 3. The summed E-state index contributed by atoms with van der Waals surface area (Å²) in [6, 6.07) is 5.65. The lowest BCUT2D eigenvalue weighted by molar-refractivity contribution is -0.138. The van der Waals surface area contributed by atoms with Gasteiger partial charge < -0.3 is 4.90 Å². The van der Waals surface area contributed by atoms with E-state index in [1.807, 2.05) is 0 Å². The first kappa shape index (κ1) is 25.9. The van der Waals surface area contributed by atoms with Crippen LogP contribution in [0.15, 0.2) is 40.4 Å². The minimum absolute atomic E-state index is 0.134. The van der Waals surface area contributed by atoms with Gasteiger partial charge in [-0.3, -0.25) is 9.79 Å². The molecule has 3 aliphatic heterocycles. The maximum absolute atomic E-state index is 13.5. The van der Waals surface area contributed by atoms with E-state index in [9.17, 15) is 26.4 Å². The summed E-state index contributed by atoms with van der Waals surface area (Å²) in [5.74, 6) is -0.532. The second kappa shape index (κ2) is 9.35. The van der Waals surface area contributed by atoms with E-state index >= 15 is 0 Å². The number of amides is 1. The molecule has 3 aliphatic rings. The summed E-state index contributed by atoms with van der Waals surface area (Å²) in [6.45, 7) is 6.60. The molecule has 0 spiro atoms. The van der Waals surface area contributed by atoms with Crippen molar-refractivity contribution in [3.8, 4) is 0 Å². The van der Waals surface area contributed by atoms with Crippen LogP contribution in [0.3, 0.4) is 0 Å². The van der Waals surface area contributed by atoms with Gasteiger partial charge in [-0.25, -0.2) is 8.42 Å². The van der Waals surface area contributed by atoms with Gasteiger partial charge in [-0.15, -0.1) is 0 Å². The number of alkyl halides is 3. The molecule has 0 aromatic heterocycles. The van der Waals surface area contributed by atoms with E-state index in [1.165, 1.54) is 16.4 Å². The third kappa shape index (κ3) is 5.05. The number of hydrogen-bond acceptors (Lipinski definition) is 4. The standard InChI is InChI=1S/C25H32F3N3O3S/c1-24(2,3)35(33,34)31-12-6-7-18-15-29-22(20(18)16-31)23(32)30-13-10-17(11-14-30)19-8-4-5-9-21(19)25(26,27)28/h4-5,8-9,17H,6-7,10-16H2,1-3H3. The molecule has 0 unspecified atom stereocenters. The van der Waals surface area contributed by atoms with Gasteiger partial charge in [0.2, 0.25) is 10.0 Å². The van der Waals surface area contributed by atoms with Crippen LogP contribution in [-0.4, -0.2) is 66.7 Å². The van der Waals surface area contributed by atoms with Crippen molar-refractivity contribution in [3.05, 3.63) is 46.5 Å². The van der Waals surface area contributed by atoms with Crippen molar-refractivity contribution in [2.24, 2.45) is 4.99 Å². The van der Waals surface area contributed by atoms with E-state index in [1.54, 1.807) is 31.7 Å². The number of aliphatic imine (C=N–C) groups is 1. The molecule has 35 heavy (non-hydrogen) atoms. The molecule has 6 nitrogen and oxygen atoms in total. The highest BCUT2D eigenvalue weighted by Crippen LogP contribution is 2.39. The van der Waals surface area contributed by atoms with Gasteiger partial charge in [-0.2, -0.15) is 17.5 Å². The molecule has 0 saturated carbocycles. The topological polar surface area (TPSA) is 70.1 Å². The lowest BCUT2D eigenvalue weighted by Gasteiger charge is -2.34. The molecule has 0 radical (unpaired) electrons. The van der Waals surface area contributed by atoms with Crippen LogP contribution in [0.25, 0.3) is 0 Å². The number of rotatable bonds is 3. The Morgan fingerprint density at radius 3 is 2.34 bits per heavy atom. The number of piperidine rings is 1. The Bertz CT molecular complexity index is 1160. The van der Waals surface area contributed by atoms with E-state index in [-0.39, 0.29) is 23.9 Å². The molecule has 1 aromatic carbocycles. The summed E-state index contributed by atoms with van der Waals surface area (Å²) in [6.07, 6.45) is -2.17. The lowest BCUT2D eigenvalue weighted by Crippen LogP contribution is -2.46. The van der Waals surface area contributed by atoms with Gasteiger partial charge in [0.15, 0.2) is 0 Å². The summed E-state index contributed by atoms with van der Waals surface area (Å²) in [5, 5.41) is 0. The SMILES string of the molecule is CC(C)(C)S(=O)(=O)N1CCCC2=C(C1)C(C(=O)N1CCC(c3ccccc3C(F)(F)F)CC1)=NC2. The smallest absolute Gasteiger partial charge is 0.337 e. The van der Waals surface area contributed by atoms with Gasteiger partial charge in [-0.1, -0.05) is 18.2 Å². The fraction of sp³-hybridized carbons (Fsp3) is 0.600. The van der Waals surface area contributed by atoms with Crippen LogP contribution in [0.1, 0.15) is 63.5 Å². The van der Waals surface area contributed by atoms with Crippen LogP contribution >= 0.6 is 0 Å². The Morgan fingerprint density at radius 1 is 1.06 bits per heavy atom. The predicted molar refractivity (Wildman–Crippen MR) is 129 cm³/mol. The molecule has 10 heteroatoms. The van der Waals surface area contributed by atoms with Gasteiger partial charge in [0.1, 0.15) is 5.71 Å². The Balaban J connectivity index is 1.47. The summed E-state index contributed by atoms with van der Waals surface area (Å²) in [5.41, 5.74) is 1.68. The molecule has 1 amide bonds. The first-order valence-corrected chi connectivity index (χ1v) is 13.5. The van der Waals surface area contributed by atoms with E-state index in [0.29, 0.717) is 63.1 Å². The normalized spacial score (nSPS) is 21.1. The molecule has 1 fully saturated rings. The third-order valence-electron chi connectivity index (χ3n) is 7.17. The van der Waals surface area contributed by atoms with Crippen LogP contribution in [-0.2, 0) is 21.0 Å². The average Bonchev–Trinajstić information content (AvgIpc) is 3.06. The predicted octanol–water partition coefficient (Wildman–Crippen LogP) is 4.39. The molecular weight excluding hydrogens is 479 g/mol. The Kier molecular flexibility index (Phi) is 6.91. The van der Waals surface area contributed by atoms with Gasteiger partial charge in [0.05, 0.1) is 16.9 Å². The first-order valence-electron chi connectivity index (χ1n) is 12.0. The van der Waals surface area contributed by atoms with Crippen LogP contribution in [0.2, 0.25) is 0 Å². The monoisotopic (exact) mass is 511 g/mol. The van der Waals surface area contributed by atoms with Crippen LogP contribution in [0, 0.1) is 0 Å². The fourth-order valence-corrected chi connectivity index (χ4v) is 6.56. The van der Waals surface area contributed by atoms with Gasteiger partial charge in [0, 0.05) is 26.2 Å². The van der Waals surface area contributed by atoms with Crippen molar-refractivity contribution in [2.45, 2.75) is 63.3 Å². The van der Waals surface area contributed by atoms with Crippen molar-refractivity contribution >= 4 is 21.6 Å². The highest BCUT2D eigenvalue weighted by molar-refractivity contribution is 7.90. The fourth-order valence-electron chi connectivity index (χ4n) is 5.12. The zero-order valence-electron chi connectivity index (χ0n) is 20.4. The number of benzene rings is 1. The van der Waals surface area contributed by atoms with E-state index in [0.717, 1.165) is 11.6 Å². The molecular formula is C25H32F3N3O3S. The van der Waals surface area contributed by atoms with Gasteiger partial charge in [0.25, 0.3) is 5.91 Å². The zero-order valence-corrected chi connectivity index (χ0v) is 21.2. The number of carbonyl (C=O) groups excluding carboxylic acids is 1. The van der Waals surface area contributed by atoms with Crippen molar-refractivity contribution < 1.29 is 26.4 Å². The molecule has 0 aliphatic carbocycles. The Hall–Kier alpha value is -2.20.